The predicted molar refractivity (Wildman–Crippen MR) is 133 cm³/mol. The average Bonchev–Trinajstić information content (AvgIpc) is 2.81. The summed E-state index contributed by atoms with van der Waals surface area (Å²) in [5, 5.41) is 27.1. The normalized spacial score (nSPS) is 15.5. The molecule has 2 aromatic carbocycles. The molecule has 2 aromatic rings. The Hall–Kier alpha value is -3.43. The van der Waals surface area contributed by atoms with Crippen molar-refractivity contribution in [3.05, 3.63) is 53.1 Å². The van der Waals surface area contributed by atoms with Crippen molar-refractivity contribution in [1.29, 1.82) is 0 Å². The molecule has 0 aromatic heterocycles. The molecule has 5 N–H and O–H groups in total. The zero-order chi connectivity index (χ0) is 24.7. The Labute approximate surface area is 200 Å². The molecule has 1 saturated heterocycles. The largest absolute Gasteiger partial charge is 0.508 e. The third-order valence-corrected chi connectivity index (χ3v) is 5.62. The molecular formula is C25H33N5O4. The van der Waals surface area contributed by atoms with Crippen LogP contribution in [0.1, 0.15) is 43.4 Å². The monoisotopic (exact) mass is 467 g/mol. The van der Waals surface area contributed by atoms with Gasteiger partial charge in [0.15, 0.2) is 5.71 Å². The summed E-state index contributed by atoms with van der Waals surface area (Å²) in [5.74, 6) is 4.92. The molecule has 0 saturated carbocycles. The first-order valence-corrected chi connectivity index (χ1v) is 11.4. The van der Waals surface area contributed by atoms with Crippen LogP contribution in [-0.2, 0) is 16.1 Å². The molecule has 0 unspecified atom stereocenters. The molecule has 9 heteroatoms. The van der Waals surface area contributed by atoms with Gasteiger partial charge in [-0.2, -0.15) is 5.10 Å². The smallest absolute Gasteiger partial charge is 0.273 e. The highest BCUT2D eigenvalue weighted by atomic mass is 16.5. The summed E-state index contributed by atoms with van der Waals surface area (Å²) < 4.78 is 5.41. The zero-order valence-electron chi connectivity index (χ0n) is 19.9. The number of ether oxygens (including phenoxy) is 1. The maximum absolute atomic E-state index is 12.7. The number of rotatable bonds is 8. The number of aliphatic imine (C=N–C) groups is 1. The molecule has 0 radical (unpaired) electrons. The van der Waals surface area contributed by atoms with Crippen LogP contribution in [0, 0.1) is 0 Å². The van der Waals surface area contributed by atoms with Crippen LogP contribution < -0.4 is 11.2 Å². The third kappa shape index (κ3) is 6.12. The number of hydrogen-bond acceptors (Lipinski definition) is 8. The Morgan fingerprint density at radius 3 is 2.41 bits per heavy atom. The standard InChI is InChI=1S/C25H33N5O4/c1-4-27-25(33)24(29-26)23(28-20-13-19(16(2)3)21(31)14-22(20)32)18-7-5-17(6-8-18)15-30-9-11-34-12-10-30/h5-8,13-14,16,31-32H,4,9-12,15,26H2,1-3H3,(H,27,33)/b28-23?,29-24+. The summed E-state index contributed by atoms with van der Waals surface area (Å²) in [4.78, 5) is 19.6. The van der Waals surface area contributed by atoms with E-state index in [0.29, 0.717) is 17.7 Å². The van der Waals surface area contributed by atoms with Crippen LogP contribution in [-0.4, -0.2) is 65.3 Å². The first-order valence-electron chi connectivity index (χ1n) is 11.4. The van der Waals surface area contributed by atoms with E-state index in [-0.39, 0.29) is 34.5 Å². The Morgan fingerprint density at radius 2 is 1.82 bits per heavy atom. The highest BCUT2D eigenvalue weighted by Crippen LogP contribution is 2.37. The lowest BCUT2D eigenvalue weighted by Gasteiger charge is -2.26. The molecule has 0 spiro atoms. The Bertz CT molecular complexity index is 1060. The van der Waals surface area contributed by atoms with Crippen LogP contribution in [0.25, 0.3) is 0 Å². The van der Waals surface area contributed by atoms with Crippen LogP contribution in [0.4, 0.5) is 5.69 Å². The van der Waals surface area contributed by atoms with Gasteiger partial charge in [0, 0.05) is 37.8 Å². The second kappa shape index (κ2) is 11.6. The number of aromatic hydroxyl groups is 2. The quantitative estimate of drug-likeness (QED) is 0.268. The van der Waals surface area contributed by atoms with E-state index in [1.54, 1.807) is 13.0 Å². The first kappa shape index (κ1) is 25.2. The van der Waals surface area contributed by atoms with Crippen molar-refractivity contribution < 1.29 is 19.7 Å². The van der Waals surface area contributed by atoms with Crippen molar-refractivity contribution in [3.8, 4) is 11.5 Å². The molecule has 0 atom stereocenters. The second-order valence-electron chi connectivity index (χ2n) is 8.44. The lowest BCUT2D eigenvalue weighted by Crippen LogP contribution is -2.37. The number of nitrogens with one attached hydrogen (secondary N) is 1. The van der Waals surface area contributed by atoms with Gasteiger partial charge in [0.05, 0.1) is 13.2 Å². The molecule has 182 valence electrons. The molecule has 1 fully saturated rings. The maximum Gasteiger partial charge on any atom is 0.273 e. The van der Waals surface area contributed by atoms with Gasteiger partial charge in [-0.15, -0.1) is 0 Å². The number of phenols is 2. The van der Waals surface area contributed by atoms with E-state index >= 15 is 0 Å². The van der Waals surface area contributed by atoms with Crippen LogP contribution in [0.2, 0.25) is 0 Å². The van der Waals surface area contributed by atoms with Crippen LogP contribution in [0.5, 0.6) is 11.5 Å². The molecule has 1 aliphatic rings. The second-order valence-corrected chi connectivity index (χ2v) is 8.44. The van der Waals surface area contributed by atoms with Gasteiger partial charge in [0.2, 0.25) is 0 Å². The minimum absolute atomic E-state index is 0.00325. The zero-order valence-corrected chi connectivity index (χ0v) is 19.9. The van der Waals surface area contributed by atoms with Gasteiger partial charge in [-0.1, -0.05) is 38.1 Å². The van der Waals surface area contributed by atoms with Crippen LogP contribution in [0.3, 0.4) is 0 Å². The minimum atomic E-state index is -0.469. The number of hydrazone groups is 1. The Morgan fingerprint density at radius 1 is 1.15 bits per heavy atom. The van der Waals surface area contributed by atoms with E-state index in [4.69, 9.17) is 10.6 Å². The number of carbonyl (C=O) groups is 1. The molecule has 34 heavy (non-hydrogen) atoms. The SMILES string of the molecule is CCNC(=O)/C(=N/N)C(=Nc1cc(C(C)C)c(O)cc1O)c1ccc(CN2CCOCC2)cc1. The number of nitrogens with zero attached hydrogens (tertiary/aromatic N) is 3. The van der Waals surface area contributed by atoms with E-state index in [2.05, 4.69) is 20.3 Å². The molecule has 0 bridgehead atoms. The topological polar surface area (TPSA) is 133 Å². The number of morpholine rings is 1. The number of nitrogens with two attached hydrogens (primary N) is 1. The van der Waals surface area contributed by atoms with Gasteiger partial charge >= 0.3 is 0 Å². The fraction of sp³-hybridized carbons (Fsp3) is 0.400. The van der Waals surface area contributed by atoms with Gasteiger partial charge in [-0.25, -0.2) is 4.99 Å². The fourth-order valence-corrected chi connectivity index (χ4v) is 3.77. The van der Waals surface area contributed by atoms with Crippen molar-refractivity contribution in [2.45, 2.75) is 33.2 Å². The fourth-order valence-electron chi connectivity index (χ4n) is 3.77. The molecule has 9 nitrogen and oxygen atoms in total. The molecule has 1 aliphatic heterocycles. The van der Waals surface area contributed by atoms with Crippen molar-refractivity contribution >= 4 is 23.0 Å². The van der Waals surface area contributed by atoms with Gasteiger partial charge < -0.3 is 26.1 Å². The third-order valence-electron chi connectivity index (χ3n) is 5.62. The van der Waals surface area contributed by atoms with Gasteiger partial charge in [-0.05, 0) is 30.0 Å². The van der Waals surface area contributed by atoms with E-state index in [1.165, 1.54) is 6.07 Å². The van der Waals surface area contributed by atoms with Gasteiger partial charge in [0.1, 0.15) is 22.9 Å². The van der Waals surface area contributed by atoms with E-state index in [0.717, 1.165) is 38.4 Å². The highest BCUT2D eigenvalue weighted by Gasteiger charge is 2.22. The van der Waals surface area contributed by atoms with Crippen molar-refractivity contribution in [2.24, 2.45) is 15.9 Å². The van der Waals surface area contributed by atoms with Crippen LogP contribution >= 0.6 is 0 Å². The predicted octanol–water partition coefficient (Wildman–Crippen LogP) is 2.63. The first-order chi connectivity index (χ1) is 16.3. The maximum atomic E-state index is 12.7. The minimum Gasteiger partial charge on any atom is -0.508 e. The molecule has 1 heterocycles. The van der Waals surface area contributed by atoms with Crippen LogP contribution in [0.15, 0.2) is 46.5 Å². The highest BCUT2D eigenvalue weighted by molar-refractivity contribution is 6.70. The number of amides is 1. The van der Waals surface area contributed by atoms with E-state index < -0.39 is 5.91 Å². The lowest BCUT2D eigenvalue weighted by molar-refractivity contribution is -0.114. The summed E-state index contributed by atoms with van der Waals surface area (Å²) in [7, 11) is 0. The molecule has 0 aliphatic carbocycles. The summed E-state index contributed by atoms with van der Waals surface area (Å²) in [6, 6.07) is 10.5. The Balaban J connectivity index is 2.03. The lowest BCUT2D eigenvalue weighted by atomic mass is 10.00. The average molecular weight is 468 g/mol. The Kier molecular flexibility index (Phi) is 8.61. The number of benzene rings is 2. The molecule has 3 rings (SSSR count). The summed E-state index contributed by atoms with van der Waals surface area (Å²) in [5.41, 5.74) is 2.74. The van der Waals surface area contributed by atoms with Gasteiger partial charge in [0.25, 0.3) is 5.91 Å². The summed E-state index contributed by atoms with van der Waals surface area (Å²) >= 11 is 0. The number of hydrogen-bond donors (Lipinski definition) is 4. The van der Waals surface area contributed by atoms with E-state index in [9.17, 15) is 15.0 Å². The van der Waals surface area contributed by atoms with Crippen molar-refractivity contribution in [1.82, 2.24) is 10.2 Å². The van der Waals surface area contributed by atoms with Crippen molar-refractivity contribution in [2.75, 3.05) is 32.8 Å². The summed E-state index contributed by atoms with van der Waals surface area (Å²) in [6.45, 7) is 10.1. The number of carbonyl (C=O) groups excluding carboxylic acids is 1. The molecule has 1 amide bonds. The molecular weight excluding hydrogens is 434 g/mol. The number of phenolic OH excluding ortho intramolecular Hbond substituents is 2. The van der Waals surface area contributed by atoms with Crippen molar-refractivity contribution in [3.63, 3.8) is 0 Å². The van der Waals surface area contributed by atoms with Gasteiger partial charge in [-0.3, -0.25) is 9.69 Å². The van der Waals surface area contributed by atoms with E-state index in [1.807, 2.05) is 38.1 Å². The summed E-state index contributed by atoms with van der Waals surface area (Å²) in [6.07, 6.45) is 0.